The second kappa shape index (κ2) is 4.94. The van der Waals surface area contributed by atoms with E-state index < -0.39 is 0 Å². The number of rotatable bonds is 3. The maximum Gasteiger partial charge on any atom is 0.180 e. The van der Waals surface area contributed by atoms with Crippen molar-refractivity contribution in [1.82, 2.24) is 0 Å². The number of hydrogen-bond donors (Lipinski definition) is 1. The van der Waals surface area contributed by atoms with E-state index in [0.717, 1.165) is 0 Å². The lowest BCUT2D eigenvalue weighted by Crippen LogP contribution is -2.12. The maximum absolute atomic E-state index is 11.7. The number of nitrogens with zero attached hydrogens (tertiary/aromatic N) is 1. The molecule has 0 saturated carbocycles. The number of benzene rings is 1. The molecule has 1 unspecified atom stereocenters. The third-order valence-corrected chi connectivity index (χ3v) is 2.42. The number of carbonyl (C=O) groups is 1. The van der Waals surface area contributed by atoms with Gasteiger partial charge in [-0.05, 0) is 18.6 Å². The van der Waals surface area contributed by atoms with Crippen LogP contribution in [0.25, 0.3) is 0 Å². The first-order chi connectivity index (χ1) is 7.07. The molecule has 0 bridgehead atoms. The van der Waals surface area contributed by atoms with Crippen LogP contribution in [0.5, 0.6) is 5.75 Å². The number of phenolic OH excluding ortho intramolecular Hbond substituents is 1. The summed E-state index contributed by atoms with van der Waals surface area (Å²) >= 11 is 3.15. The molecule has 15 heavy (non-hydrogen) atoms. The van der Waals surface area contributed by atoms with Gasteiger partial charge in [0.1, 0.15) is 5.75 Å². The molecular weight excluding hydrogens is 258 g/mol. The van der Waals surface area contributed by atoms with Crippen molar-refractivity contribution in [3.63, 3.8) is 0 Å². The highest BCUT2D eigenvalue weighted by Crippen LogP contribution is 2.24. The number of carbonyl (C=O) groups excluding carboxylic acids is 1. The lowest BCUT2D eigenvalue weighted by molar-refractivity contribution is 0.0992. The quantitative estimate of drug-likeness (QED) is 0.676. The van der Waals surface area contributed by atoms with Crippen molar-refractivity contribution in [2.45, 2.75) is 18.2 Å². The molecule has 0 aliphatic carbocycles. The van der Waals surface area contributed by atoms with Crippen molar-refractivity contribution in [1.29, 1.82) is 5.26 Å². The molecule has 1 rings (SSSR count). The van der Waals surface area contributed by atoms with Crippen molar-refractivity contribution in [3.05, 3.63) is 29.3 Å². The summed E-state index contributed by atoms with van der Waals surface area (Å²) in [5.74, 6) is -0.280. The van der Waals surface area contributed by atoms with Crippen LogP contribution < -0.4 is 0 Å². The first-order valence-electron chi connectivity index (χ1n) is 4.44. The fourth-order valence-corrected chi connectivity index (χ4v) is 1.53. The Morgan fingerprint density at radius 3 is 2.87 bits per heavy atom. The molecule has 0 heterocycles. The van der Waals surface area contributed by atoms with Gasteiger partial charge in [0.2, 0.25) is 0 Å². The third kappa shape index (κ3) is 2.57. The molecule has 0 fully saturated rings. The fraction of sp³-hybridized carbons (Fsp3) is 0.273. The van der Waals surface area contributed by atoms with Gasteiger partial charge in [0, 0.05) is 0 Å². The minimum atomic E-state index is -0.372. The van der Waals surface area contributed by atoms with Crippen molar-refractivity contribution in [2.24, 2.45) is 0 Å². The first-order valence-corrected chi connectivity index (χ1v) is 5.35. The number of alkyl halides is 1. The topological polar surface area (TPSA) is 61.1 Å². The van der Waals surface area contributed by atoms with Crippen LogP contribution in [0.3, 0.4) is 0 Å². The highest BCUT2D eigenvalue weighted by molar-refractivity contribution is 9.10. The van der Waals surface area contributed by atoms with Crippen LogP contribution in [0.15, 0.2) is 18.2 Å². The van der Waals surface area contributed by atoms with Gasteiger partial charge >= 0.3 is 0 Å². The Kier molecular flexibility index (Phi) is 3.87. The number of Topliss-reactive ketones (excluding diaryl/α,β-unsaturated/α-hetero) is 1. The highest BCUT2D eigenvalue weighted by Gasteiger charge is 2.19. The molecule has 0 radical (unpaired) electrons. The molecular formula is C11H10BrNO2. The zero-order chi connectivity index (χ0) is 11.4. The standard InChI is InChI=1S/C11H10BrNO2/c1-7(12)11(15)10-8(5-6-13)3-2-4-9(10)14/h2-4,7,14H,5H2,1H3. The summed E-state index contributed by atoms with van der Waals surface area (Å²) in [4.78, 5) is 11.4. The molecule has 1 atom stereocenters. The van der Waals surface area contributed by atoms with Crippen LogP contribution in [0.4, 0.5) is 0 Å². The zero-order valence-corrected chi connectivity index (χ0v) is 9.78. The summed E-state index contributed by atoms with van der Waals surface area (Å²) in [5, 5.41) is 18.2. The van der Waals surface area contributed by atoms with Crippen LogP contribution in [0, 0.1) is 11.3 Å². The average Bonchev–Trinajstić information content (AvgIpc) is 2.17. The van der Waals surface area contributed by atoms with Crippen LogP contribution in [-0.2, 0) is 6.42 Å². The van der Waals surface area contributed by atoms with Crippen LogP contribution in [-0.4, -0.2) is 15.7 Å². The SMILES string of the molecule is CC(Br)C(=O)c1c(O)cccc1CC#N. The monoisotopic (exact) mass is 267 g/mol. The van der Waals surface area contributed by atoms with E-state index in [1.165, 1.54) is 6.07 Å². The summed E-state index contributed by atoms with van der Waals surface area (Å²) in [7, 11) is 0. The molecule has 0 aliphatic rings. The Balaban J connectivity index is 3.25. The molecule has 0 spiro atoms. The molecule has 0 saturated heterocycles. The summed E-state index contributed by atoms with van der Waals surface area (Å²) < 4.78 is 0. The van der Waals surface area contributed by atoms with E-state index in [2.05, 4.69) is 15.9 Å². The van der Waals surface area contributed by atoms with E-state index in [-0.39, 0.29) is 28.3 Å². The summed E-state index contributed by atoms with van der Waals surface area (Å²) in [6, 6.07) is 6.71. The van der Waals surface area contributed by atoms with Gasteiger partial charge in [-0.2, -0.15) is 5.26 Å². The lowest BCUT2D eigenvalue weighted by Gasteiger charge is -2.09. The molecule has 3 nitrogen and oxygen atoms in total. The average molecular weight is 268 g/mol. The molecule has 1 aromatic carbocycles. The number of ketones is 1. The predicted molar refractivity (Wildman–Crippen MR) is 60.1 cm³/mol. The number of aromatic hydroxyl groups is 1. The molecule has 78 valence electrons. The largest absolute Gasteiger partial charge is 0.507 e. The first kappa shape index (κ1) is 11.7. The van der Waals surface area contributed by atoms with Crippen molar-refractivity contribution >= 4 is 21.7 Å². The van der Waals surface area contributed by atoms with Gasteiger partial charge in [0.25, 0.3) is 0 Å². The van der Waals surface area contributed by atoms with E-state index in [0.29, 0.717) is 5.56 Å². The molecule has 0 aliphatic heterocycles. The number of hydrogen-bond acceptors (Lipinski definition) is 3. The molecule has 4 heteroatoms. The maximum atomic E-state index is 11.7. The third-order valence-electron chi connectivity index (χ3n) is 2.01. The Labute approximate surface area is 96.5 Å². The molecule has 1 aromatic rings. The lowest BCUT2D eigenvalue weighted by atomic mass is 9.99. The van der Waals surface area contributed by atoms with Gasteiger partial charge < -0.3 is 5.11 Å². The summed E-state index contributed by atoms with van der Waals surface area (Å²) in [6.07, 6.45) is 0.120. The Morgan fingerprint density at radius 1 is 1.67 bits per heavy atom. The van der Waals surface area contributed by atoms with Gasteiger partial charge in [-0.3, -0.25) is 4.79 Å². The van der Waals surface area contributed by atoms with Gasteiger partial charge in [-0.1, -0.05) is 28.1 Å². The van der Waals surface area contributed by atoms with Crippen LogP contribution in [0.2, 0.25) is 0 Å². The van der Waals surface area contributed by atoms with Gasteiger partial charge in [-0.25, -0.2) is 0 Å². The van der Waals surface area contributed by atoms with E-state index >= 15 is 0 Å². The van der Waals surface area contributed by atoms with Gasteiger partial charge in [0.15, 0.2) is 5.78 Å². The summed E-state index contributed by atoms with van der Waals surface area (Å²) in [5.41, 5.74) is 0.803. The normalized spacial score (nSPS) is 11.8. The number of nitriles is 1. The van der Waals surface area contributed by atoms with E-state index in [1.807, 2.05) is 6.07 Å². The van der Waals surface area contributed by atoms with E-state index in [4.69, 9.17) is 5.26 Å². The smallest absolute Gasteiger partial charge is 0.180 e. The number of halogens is 1. The Morgan fingerprint density at radius 2 is 2.33 bits per heavy atom. The predicted octanol–water partition coefficient (Wildman–Crippen LogP) is 2.42. The van der Waals surface area contributed by atoms with E-state index in [1.54, 1.807) is 19.1 Å². The second-order valence-corrected chi connectivity index (χ2v) is 4.50. The van der Waals surface area contributed by atoms with Gasteiger partial charge in [-0.15, -0.1) is 0 Å². The second-order valence-electron chi connectivity index (χ2n) is 3.13. The minimum absolute atomic E-state index is 0.0703. The van der Waals surface area contributed by atoms with Gasteiger partial charge in [0.05, 0.1) is 22.9 Å². The van der Waals surface area contributed by atoms with Crippen LogP contribution in [0.1, 0.15) is 22.8 Å². The zero-order valence-electron chi connectivity index (χ0n) is 8.20. The molecule has 0 amide bonds. The van der Waals surface area contributed by atoms with Crippen molar-refractivity contribution in [2.75, 3.05) is 0 Å². The fourth-order valence-electron chi connectivity index (χ4n) is 1.30. The van der Waals surface area contributed by atoms with Crippen LogP contribution >= 0.6 is 15.9 Å². The highest BCUT2D eigenvalue weighted by atomic mass is 79.9. The van der Waals surface area contributed by atoms with Crippen molar-refractivity contribution < 1.29 is 9.90 Å². The Hall–Kier alpha value is -1.34. The summed E-state index contributed by atoms with van der Waals surface area (Å²) in [6.45, 7) is 1.69. The number of phenols is 1. The molecule has 0 aromatic heterocycles. The minimum Gasteiger partial charge on any atom is -0.507 e. The van der Waals surface area contributed by atoms with Crippen molar-refractivity contribution in [3.8, 4) is 11.8 Å². The molecule has 1 N–H and O–H groups in total. The van der Waals surface area contributed by atoms with E-state index in [9.17, 15) is 9.90 Å². The Bertz CT molecular complexity index is 421.